The summed E-state index contributed by atoms with van der Waals surface area (Å²) in [7, 11) is 0. The van der Waals surface area contributed by atoms with Crippen molar-refractivity contribution >= 4 is 49.2 Å². The van der Waals surface area contributed by atoms with Crippen LogP contribution in [0.2, 0.25) is 5.02 Å². The largest absolute Gasteiger partial charge is 0.293 e. The van der Waals surface area contributed by atoms with Crippen molar-refractivity contribution in [1.29, 1.82) is 0 Å². The van der Waals surface area contributed by atoms with E-state index in [1.165, 1.54) is 0 Å². The van der Waals surface area contributed by atoms with Gasteiger partial charge < -0.3 is 0 Å². The lowest BCUT2D eigenvalue weighted by Crippen LogP contribution is -2.20. The van der Waals surface area contributed by atoms with Crippen molar-refractivity contribution in [3.05, 3.63) is 69.7 Å². The minimum Gasteiger partial charge on any atom is -0.293 e. The molecule has 0 heterocycles. The Labute approximate surface area is 147 Å². The third-order valence-corrected chi connectivity index (χ3v) is 6.32. The fourth-order valence-corrected chi connectivity index (χ4v) is 3.32. The van der Waals surface area contributed by atoms with Crippen molar-refractivity contribution in [2.45, 2.75) is 23.5 Å². The van der Waals surface area contributed by atoms with Gasteiger partial charge in [0.05, 0.1) is 9.65 Å². The van der Waals surface area contributed by atoms with Crippen molar-refractivity contribution in [3.63, 3.8) is 0 Å². The molecule has 0 aliphatic rings. The van der Waals surface area contributed by atoms with Crippen LogP contribution in [0.3, 0.4) is 0 Å². The summed E-state index contributed by atoms with van der Waals surface area (Å²) in [6, 6.07) is 13.4. The van der Waals surface area contributed by atoms with E-state index in [-0.39, 0.29) is 15.4 Å². The first kappa shape index (κ1) is 16.7. The Hall–Kier alpha value is -0.640. The molecule has 2 aromatic carbocycles. The van der Waals surface area contributed by atoms with Gasteiger partial charge >= 0.3 is 0 Å². The first-order valence-electron chi connectivity index (χ1n) is 6.55. The zero-order chi connectivity index (χ0) is 15.6. The molecule has 0 saturated carbocycles. The van der Waals surface area contributed by atoms with E-state index in [4.69, 9.17) is 11.6 Å². The Balaban J connectivity index is 2.26. The van der Waals surface area contributed by atoms with Gasteiger partial charge in [-0.25, -0.2) is 0 Å². The average molecular weight is 431 g/mol. The first-order chi connectivity index (χ1) is 9.90. The van der Waals surface area contributed by atoms with E-state index in [1.807, 2.05) is 56.3 Å². The van der Waals surface area contributed by atoms with Crippen LogP contribution in [0.25, 0.3) is 0 Å². The summed E-state index contributed by atoms with van der Waals surface area (Å²) in [6.07, 6.45) is 0. The average Bonchev–Trinajstić information content (AvgIpc) is 2.48. The third-order valence-electron chi connectivity index (χ3n) is 3.35. The first-order valence-corrected chi connectivity index (χ1v) is 8.76. The molecular weight excluding hydrogens is 415 g/mol. The van der Waals surface area contributed by atoms with Crippen LogP contribution >= 0.6 is 43.5 Å². The lowest BCUT2D eigenvalue weighted by atomic mass is 9.97. The number of hydrogen-bond donors (Lipinski definition) is 0. The number of benzene rings is 2. The quantitative estimate of drug-likeness (QED) is 0.427. The van der Waals surface area contributed by atoms with Crippen molar-refractivity contribution in [3.8, 4) is 0 Å². The number of carbonyl (C=O) groups is 1. The number of halogens is 3. The van der Waals surface area contributed by atoms with Gasteiger partial charge in [-0.1, -0.05) is 73.3 Å². The highest BCUT2D eigenvalue weighted by Crippen LogP contribution is 2.34. The maximum Gasteiger partial charge on any atom is 0.178 e. The van der Waals surface area contributed by atoms with Gasteiger partial charge in [-0.05, 0) is 43.2 Å². The molecule has 2 atom stereocenters. The van der Waals surface area contributed by atoms with Crippen LogP contribution in [0.4, 0.5) is 0 Å². The van der Waals surface area contributed by atoms with E-state index < -0.39 is 0 Å². The Morgan fingerprint density at radius 1 is 1.05 bits per heavy atom. The molecule has 0 spiro atoms. The molecule has 2 rings (SSSR count). The summed E-state index contributed by atoms with van der Waals surface area (Å²) in [5.41, 5.74) is 3.85. The van der Waals surface area contributed by atoms with Crippen LogP contribution in [-0.2, 0) is 0 Å². The summed E-state index contributed by atoms with van der Waals surface area (Å²) >= 11 is 13.0. The molecule has 2 aromatic rings. The second-order valence-corrected chi connectivity index (χ2v) is 7.45. The molecule has 0 aromatic heterocycles. The lowest BCUT2D eigenvalue weighted by Gasteiger charge is -2.17. The highest BCUT2D eigenvalue weighted by molar-refractivity contribution is 9.12. The molecular formula is C17H15Br2ClO. The zero-order valence-electron chi connectivity index (χ0n) is 11.7. The predicted octanol–water partition coefficient (Wildman–Crippen LogP) is 6.04. The number of ketones is 1. The molecule has 4 heteroatoms. The monoisotopic (exact) mass is 428 g/mol. The number of rotatable bonds is 4. The minimum atomic E-state index is -0.334. The molecule has 0 N–H and O–H groups in total. The third kappa shape index (κ3) is 3.97. The van der Waals surface area contributed by atoms with Gasteiger partial charge in [0, 0.05) is 10.6 Å². The number of carbonyl (C=O) groups excluding carboxylic acids is 1. The number of Topliss-reactive ketones (excluding diaryl/α,β-unsaturated/α-hetero) is 1. The van der Waals surface area contributed by atoms with Crippen LogP contribution in [0, 0.1) is 13.8 Å². The van der Waals surface area contributed by atoms with Crippen LogP contribution in [-0.4, -0.2) is 10.6 Å². The summed E-state index contributed by atoms with van der Waals surface area (Å²) in [5.74, 6) is 0.0769. The van der Waals surface area contributed by atoms with Crippen molar-refractivity contribution < 1.29 is 4.79 Å². The summed E-state index contributed by atoms with van der Waals surface area (Å²) in [4.78, 5) is 12.3. The van der Waals surface area contributed by atoms with Crippen LogP contribution < -0.4 is 0 Å². The summed E-state index contributed by atoms with van der Waals surface area (Å²) < 4.78 is 0. The number of alkyl halides is 2. The molecule has 0 saturated heterocycles. The molecule has 0 amide bonds. The SMILES string of the molecule is Cc1ccc(C)c(C(=O)C(Br)C(Br)c2ccc(Cl)cc2)c1. The molecule has 21 heavy (non-hydrogen) atoms. The second-order valence-electron chi connectivity index (χ2n) is 5.04. The number of aryl methyl sites for hydroxylation is 2. The molecule has 1 nitrogen and oxygen atoms in total. The van der Waals surface area contributed by atoms with E-state index in [1.54, 1.807) is 0 Å². The molecule has 0 radical (unpaired) electrons. The normalized spacial score (nSPS) is 13.8. The zero-order valence-corrected chi connectivity index (χ0v) is 15.7. The Kier molecular flexibility index (Phi) is 5.64. The highest BCUT2D eigenvalue weighted by atomic mass is 79.9. The van der Waals surface area contributed by atoms with E-state index >= 15 is 0 Å². The highest BCUT2D eigenvalue weighted by Gasteiger charge is 2.27. The van der Waals surface area contributed by atoms with Gasteiger partial charge in [0.15, 0.2) is 5.78 Å². The van der Waals surface area contributed by atoms with Gasteiger partial charge in [0.2, 0.25) is 0 Å². The molecule has 110 valence electrons. The summed E-state index contributed by atoms with van der Waals surface area (Å²) in [6.45, 7) is 3.95. The van der Waals surface area contributed by atoms with Crippen molar-refractivity contribution in [2.75, 3.05) is 0 Å². The van der Waals surface area contributed by atoms with Crippen LogP contribution in [0.15, 0.2) is 42.5 Å². The van der Waals surface area contributed by atoms with E-state index in [9.17, 15) is 4.79 Å². The van der Waals surface area contributed by atoms with Gasteiger partial charge in [0.1, 0.15) is 0 Å². The fraction of sp³-hybridized carbons (Fsp3) is 0.235. The number of hydrogen-bond acceptors (Lipinski definition) is 1. The van der Waals surface area contributed by atoms with Crippen molar-refractivity contribution in [2.24, 2.45) is 0 Å². The maximum absolute atomic E-state index is 12.7. The van der Waals surface area contributed by atoms with E-state index in [0.29, 0.717) is 5.02 Å². The lowest BCUT2D eigenvalue weighted by molar-refractivity contribution is 0.0990. The van der Waals surface area contributed by atoms with E-state index in [0.717, 1.165) is 22.3 Å². The molecule has 0 aliphatic carbocycles. The predicted molar refractivity (Wildman–Crippen MR) is 96.1 cm³/mol. The Morgan fingerprint density at radius 2 is 1.67 bits per heavy atom. The van der Waals surface area contributed by atoms with Gasteiger partial charge in [-0.2, -0.15) is 0 Å². The molecule has 0 aliphatic heterocycles. The summed E-state index contributed by atoms with van der Waals surface area (Å²) in [5, 5.41) is 0.686. The molecule has 0 fully saturated rings. The minimum absolute atomic E-state index is 0.0769. The van der Waals surface area contributed by atoms with Gasteiger partial charge in [-0.3, -0.25) is 4.79 Å². The molecule has 2 unspecified atom stereocenters. The van der Waals surface area contributed by atoms with Crippen molar-refractivity contribution in [1.82, 2.24) is 0 Å². The molecule has 0 bridgehead atoms. The van der Waals surface area contributed by atoms with Gasteiger partial charge in [0.25, 0.3) is 0 Å². The van der Waals surface area contributed by atoms with Gasteiger partial charge in [-0.15, -0.1) is 0 Å². The Bertz CT molecular complexity index is 652. The fourth-order valence-electron chi connectivity index (χ4n) is 2.10. The van der Waals surface area contributed by atoms with E-state index in [2.05, 4.69) is 31.9 Å². The maximum atomic E-state index is 12.7. The topological polar surface area (TPSA) is 17.1 Å². The Morgan fingerprint density at radius 3 is 2.29 bits per heavy atom. The standard InChI is InChI=1S/C17H15Br2ClO/c1-10-3-4-11(2)14(9-10)17(21)16(19)15(18)12-5-7-13(20)8-6-12/h3-9,15-16H,1-2H3. The van der Waals surface area contributed by atoms with Crippen LogP contribution in [0.1, 0.15) is 31.9 Å². The second kappa shape index (κ2) is 7.08. The van der Waals surface area contributed by atoms with Crippen LogP contribution in [0.5, 0.6) is 0 Å². The smallest absolute Gasteiger partial charge is 0.178 e.